The van der Waals surface area contributed by atoms with E-state index in [1.807, 2.05) is 0 Å². The molecular weight excluding hydrogens is 146 g/mol. The molecule has 2 saturated carbocycles. The van der Waals surface area contributed by atoms with Gasteiger partial charge in [0, 0.05) is 12.1 Å². The van der Waals surface area contributed by atoms with Crippen LogP contribution in [0.15, 0.2) is 0 Å². The van der Waals surface area contributed by atoms with Gasteiger partial charge < -0.3 is 0 Å². The Morgan fingerprint density at radius 2 is 1.83 bits per heavy atom. The summed E-state index contributed by atoms with van der Waals surface area (Å²) in [5, 5.41) is 0. The van der Waals surface area contributed by atoms with Crippen molar-refractivity contribution in [3.8, 4) is 0 Å². The molecule has 0 aromatic carbocycles. The first kappa shape index (κ1) is 8.55. The minimum Gasteiger partial charge on any atom is -0.298 e. The molecule has 1 nitrogen and oxygen atoms in total. The highest BCUT2D eigenvalue weighted by molar-refractivity contribution is 4.95. The molecule has 0 N–H and O–H groups in total. The summed E-state index contributed by atoms with van der Waals surface area (Å²) in [6.07, 6.45) is 11.0. The second-order valence-corrected chi connectivity index (χ2v) is 4.18. The minimum atomic E-state index is 0.915. The Morgan fingerprint density at radius 3 is 2.25 bits per heavy atom. The van der Waals surface area contributed by atoms with Crippen LogP contribution in [0.3, 0.4) is 0 Å². The van der Waals surface area contributed by atoms with Crippen LogP contribution in [0.4, 0.5) is 0 Å². The van der Waals surface area contributed by atoms with E-state index in [1.54, 1.807) is 0 Å². The molecule has 0 atom stereocenters. The summed E-state index contributed by atoms with van der Waals surface area (Å²) in [4.78, 5) is 2.74. The van der Waals surface area contributed by atoms with Crippen LogP contribution < -0.4 is 0 Å². The fraction of sp³-hybridized carbons (Fsp3) is 0.909. The Hall–Kier alpha value is -0.0400. The van der Waals surface area contributed by atoms with Crippen LogP contribution in [-0.2, 0) is 0 Å². The fourth-order valence-corrected chi connectivity index (χ4v) is 2.64. The predicted octanol–water partition coefficient (Wildman–Crippen LogP) is 2.62. The average molecular weight is 166 g/mol. The first-order chi connectivity index (χ1) is 5.92. The molecule has 0 spiro atoms. The molecule has 0 aromatic heterocycles. The molecule has 0 amide bonds. The molecule has 2 aliphatic carbocycles. The lowest BCUT2D eigenvalue weighted by Gasteiger charge is -2.40. The number of hydrogen-bond acceptors (Lipinski definition) is 1. The number of hydrogen-bond donors (Lipinski definition) is 0. The topological polar surface area (TPSA) is 3.24 Å². The third-order valence-corrected chi connectivity index (χ3v) is 3.51. The van der Waals surface area contributed by atoms with Crippen LogP contribution in [0.5, 0.6) is 0 Å². The molecule has 0 aliphatic heterocycles. The van der Waals surface area contributed by atoms with Crippen LogP contribution in [0, 0.1) is 6.42 Å². The first-order valence-corrected chi connectivity index (χ1v) is 5.49. The van der Waals surface area contributed by atoms with Crippen molar-refractivity contribution in [1.29, 1.82) is 0 Å². The maximum absolute atomic E-state index is 2.74. The second-order valence-electron chi connectivity index (χ2n) is 4.18. The molecule has 1 radical (unpaired) electrons. The Balaban J connectivity index is 1.87. The van der Waals surface area contributed by atoms with Gasteiger partial charge in [-0.3, -0.25) is 4.90 Å². The van der Waals surface area contributed by atoms with Crippen molar-refractivity contribution in [2.75, 3.05) is 6.54 Å². The molecule has 0 bridgehead atoms. The molecule has 0 saturated heterocycles. The van der Waals surface area contributed by atoms with Gasteiger partial charge in [-0.15, -0.1) is 0 Å². The molecule has 2 rings (SSSR count). The van der Waals surface area contributed by atoms with Crippen molar-refractivity contribution in [3.63, 3.8) is 0 Å². The van der Waals surface area contributed by atoms with Crippen LogP contribution in [0.1, 0.15) is 45.4 Å². The van der Waals surface area contributed by atoms with E-state index < -0.39 is 0 Å². The lowest BCUT2D eigenvalue weighted by atomic mass is 9.90. The highest BCUT2D eigenvalue weighted by Gasteiger charge is 2.30. The molecule has 2 fully saturated rings. The van der Waals surface area contributed by atoms with Gasteiger partial charge >= 0.3 is 0 Å². The number of rotatable bonds is 3. The normalized spacial score (nSPS) is 26.5. The first-order valence-electron chi connectivity index (χ1n) is 5.49. The monoisotopic (exact) mass is 166 g/mol. The summed E-state index contributed by atoms with van der Waals surface area (Å²) in [5.41, 5.74) is 0. The average Bonchev–Trinajstić information content (AvgIpc) is 2.47. The summed E-state index contributed by atoms with van der Waals surface area (Å²) in [6.45, 7) is 3.58. The lowest BCUT2D eigenvalue weighted by Crippen LogP contribution is -2.45. The van der Waals surface area contributed by atoms with Gasteiger partial charge in [-0.1, -0.05) is 19.8 Å². The zero-order valence-corrected chi connectivity index (χ0v) is 8.13. The molecule has 12 heavy (non-hydrogen) atoms. The van der Waals surface area contributed by atoms with E-state index >= 15 is 0 Å². The van der Waals surface area contributed by atoms with Gasteiger partial charge in [0.1, 0.15) is 0 Å². The fourth-order valence-electron chi connectivity index (χ4n) is 2.64. The van der Waals surface area contributed by atoms with Crippen molar-refractivity contribution < 1.29 is 0 Å². The van der Waals surface area contributed by atoms with Crippen molar-refractivity contribution in [2.45, 2.75) is 57.5 Å². The minimum absolute atomic E-state index is 0.915. The molecule has 0 heterocycles. The molecule has 0 unspecified atom stereocenters. The van der Waals surface area contributed by atoms with E-state index in [-0.39, 0.29) is 0 Å². The van der Waals surface area contributed by atoms with Gasteiger partial charge in [0.15, 0.2) is 0 Å². The van der Waals surface area contributed by atoms with E-state index in [0.717, 1.165) is 12.1 Å². The Morgan fingerprint density at radius 1 is 1.17 bits per heavy atom. The standard InChI is InChI=1S/C11H20N/c1-2-12(11-8-5-9-11)10-6-3-4-7-10/h5,10-11H,2-4,6-9H2,1H3. The molecule has 69 valence electrons. The quantitative estimate of drug-likeness (QED) is 0.623. The van der Waals surface area contributed by atoms with Crippen LogP contribution >= 0.6 is 0 Å². The van der Waals surface area contributed by atoms with E-state index in [4.69, 9.17) is 0 Å². The van der Waals surface area contributed by atoms with E-state index in [9.17, 15) is 0 Å². The highest BCUT2D eigenvalue weighted by atomic mass is 15.2. The van der Waals surface area contributed by atoms with Crippen molar-refractivity contribution in [3.05, 3.63) is 6.42 Å². The zero-order chi connectivity index (χ0) is 8.39. The number of nitrogens with zero attached hydrogens (tertiary/aromatic N) is 1. The van der Waals surface area contributed by atoms with Crippen LogP contribution in [-0.4, -0.2) is 23.5 Å². The maximum atomic E-state index is 2.74. The molecule has 0 aromatic rings. The van der Waals surface area contributed by atoms with E-state index in [2.05, 4.69) is 18.2 Å². The summed E-state index contributed by atoms with van der Waals surface area (Å²) < 4.78 is 0. The molecule has 1 heteroatoms. The van der Waals surface area contributed by atoms with Gasteiger partial charge in [0.2, 0.25) is 0 Å². The summed E-state index contributed by atoms with van der Waals surface area (Å²) in [6, 6.07) is 1.85. The predicted molar refractivity (Wildman–Crippen MR) is 52.0 cm³/mol. The van der Waals surface area contributed by atoms with Gasteiger partial charge in [-0.25, -0.2) is 0 Å². The van der Waals surface area contributed by atoms with Crippen molar-refractivity contribution in [2.24, 2.45) is 0 Å². The van der Waals surface area contributed by atoms with Crippen molar-refractivity contribution >= 4 is 0 Å². The Labute approximate surface area is 76.1 Å². The van der Waals surface area contributed by atoms with Crippen LogP contribution in [0.25, 0.3) is 0 Å². The zero-order valence-electron chi connectivity index (χ0n) is 8.13. The third kappa shape index (κ3) is 1.52. The van der Waals surface area contributed by atoms with Gasteiger partial charge in [0.05, 0.1) is 0 Å². The van der Waals surface area contributed by atoms with Gasteiger partial charge in [0.25, 0.3) is 0 Å². The smallest absolute Gasteiger partial charge is 0.0104 e. The van der Waals surface area contributed by atoms with Crippen LogP contribution in [0.2, 0.25) is 0 Å². The van der Waals surface area contributed by atoms with Gasteiger partial charge in [-0.05, 0) is 38.6 Å². The Kier molecular flexibility index (Phi) is 2.69. The summed E-state index contributed by atoms with van der Waals surface area (Å²) in [5.74, 6) is 0. The summed E-state index contributed by atoms with van der Waals surface area (Å²) in [7, 11) is 0. The Bertz CT molecular complexity index is 134. The summed E-state index contributed by atoms with van der Waals surface area (Å²) >= 11 is 0. The highest BCUT2D eigenvalue weighted by Crippen LogP contribution is 2.31. The van der Waals surface area contributed by atoms with Crippen molar-refractivity contribution in [1.82, 2.24) is 4.90 Å². The maximum Gasteiger partial charge on any atom is 0.0104 e. The van der Waals surface area contributed by atoms with E-state index in [0.29, 0.717) is 0 Å². The molecule has 2 aliphatic rings. The largest absolute Gasteiger partial charge is 0.298 e. The van der Waals surface area contributed by atoms with E-state index in [1.165, 1.54) is 45.1 Å². The third-order valence-electron chi connectivity index (χ3n) is 3.51. The molecular formula is C11H20N. The lowest BCUT2D eigenvalue weighted by molar-refractivity contribution is 0.113. The SMILES string of the molecule is CCN(C1C[CH]C1)C1CCCC1. The second kappa shape index (κ2) is 3.78. The van der Waals surface area contributed by atoms with Gasteiger partial charge in [-0.2, -0.15) is 0 Å².